The van der Waals surface area contributed by atoms with Gasteiger partial charge in [0.15, 0.2) is 0 Å². The van der Waals surface area contributed by atoms with E-state index < -0.39 is 0 Å². The molecule has 2 rings (SSSR count). The monoisotopic (exact) mass is 332 g/mol. The lowest BCUT2D eigenvalue weighted by Gasteiger charge is -2.12. The van der Waals surface area contributed by atoms with Crippen LogP contribution in [-0.2, 0) is 4.79 Å². The number of carbonyl (C=O) groups excluding carboxylic acids is 1. The van der Waals surface area contributed by atoms with E-state index in [1.165, 1.54) is 0 Å². The Hall–Kier alpha value is -0.970. The molecule has 1 aromatic carbocycles. The summed E-state index contributed by atoms with van der Waals surface area (Å²) in [5.74, 6) is 0.673. The van der Waals surface area contributed by atoms with Crippen LogP contribution in [0.2, 0.25) is 5.02 Å². The molecule has 1 fully saturated rings. The van der Waals surface area contributed by atoms with E-state index in [1.54, 1.807) is 12.1 Å². The van der Waals surface area contributed by atoms with Crippen molar-refractivity contribution in [3.8, 4) is 5.75 Å². The van der Waals surface area contributed by atoms with Crippen LogP contribution in [0.25, 0.3) is 0 Å². The number of rotatable bonds is 6. The molecule has 0 aliphatic carbocycles. The summed E-state index contributed by atoms with van der Waals surface area (Å²) in [5.41, 5.74) is 0.710. The molecule has 1 atom stereocenters. The third-order valence-corrected chi connectivity index (χ3v) is 3.57. The van der Waals surface area contributed by atoms with Crippen LogP contribution < -0.4 is 15.4 Å². The van der Waals surface area contributed by atoms with Crippen LogP contribution >= 0.6 is 24.0 Å². The number of amides is 1. The summed E-state index contributed by atoms with van der Waals surface area (Å²) in [7, 11) is 0. The van der Waals surface area contributed by atoms with Crippen molar-refractivity contribution in [2.24, 2.45) is 0 Å². The number of halogens is 2. The Kier molecular flexibility index (Phi) is 7.86. The highest BCUT2D eigenvalue weighted by Crippen LogP contribution is 2.28. The lowest BCUT2D eigenvalue weighted by molar-refractivity contribution is -0.116. The zero-order valence-corrected chi connectivity index (χ0v) is 13.7. The summed E-state index contributed by atoms with van der Waals surface area (Å²) in [6.45, 7) is 3.69. The first-order valence-electron chi connectivity index (χ1n) is 7.14. The number of benzene rings is 1. The number of nitrogens with one attached hydrogen (secondary N) is 2. The minimum atomic E-state index is 0. The molecule has 0 spiro atoms. The van der Waals surface area contributed by atoms with Crippen molar-refractivity contribution in [1.29, 1.82) is 0 Å². The van der Waals surface area contributed by atoms with E-state index >= 15 is 0 Å². The molecular formula is C15H22Cl2N2O2. The van der Waals surface area contributed by atoms with Gasteiger partial charge in [-0.1, -0.05) is 18.5 Å². The molecule has 21 heavy (non-hydrogen) atoms. The highest BCUT2D eigenvalue weighted by atomic mass is 35.5. The van der Waals surface area contributed by atoms with Crippen LogP contribution in [0.4, 0.5) is 5.69 Å². The lowest BCUT2D eigenvalue weighted by atomic mass is 10.1. The Morgan fingerprint density at radius 3 is 2.95 bits per heavy atom. The van der Waals surface area contributed by atoms with E-state index in [1.807, 2.05) is 13.0 Å². The fourth-order valence-corrected chi connectivity index (χ4v) is 2.51. The van der Waals surface area contributed by atoms with Gasteiger partial charge in [-0.3, -0.25) is 4.79 Å². The van der Waals surface area contributed by atoms with Gasteiger partial charge in [-0.15, -0.1) is 12.4 Å². The Morgan fingerprint density at radius 2 is 2.33 bits per heavy atom. The molecule has 1 aromatic rings. The van der Waals surface area contributed by atoms with Crippen molar-refractivity contribution in [2.75, 3.05) is 18.5 Å². The molecule has 118 valence electrons. The van der Waals surface area contributed by atoms with Crippen molar-refractivity contribution in [1.82, 2.24) is 5.32 Å². The normalized spacial score (nSPS) is 17.1. The van der Waals surface area contributed by atoms with Crippen LogP contribution in [0, 0.1) is 0 Å². The largest absolute Gasteiger partial charge is 0.492 e. The van der Waals surface area contributed by atoms with Gasteiger partial charge < -0.3 is 15.4 Å². The van der Waals surface area contributed by atoms with Gasteiger partial charge in [0.2, 0.25) is 5.91 Å². The maximum Gasteiger partial charge on any atom is 0.225 e. The predicted octanol–water partition coefficient (Wildman–Crippen LogP) is 3.63. The zero-order valence-electron chi connectivity index (χ0n) is 12.2. The van der Waals surface area contributed by atoms with Gasteiger partial charge in [-0.05, 0) is 44.0 Å². The molecule has 6 heteroatoms. The number of ether oxygens (including phenoxy) is 1. The first-order valence-corrected chi connectivity index (χ1v) is 7.52. The highest BCUT2D eigenvalue weighted by molar-refractivity contribution is 6.32. The number of hydrogen-bond donors (Lipinski definition) is 2. The second-order valence-electron chi connectivity index (χ2n) is 5.04. The van der Waals surface area contributed by atoms with Crippen LogP contribution in [0.1, 0.15) is 32.6 Å². The van der Waals surface area contributed by atoms with Crippen molar-refractivity contribution in [2.45, 2.75) is 38.6 Å². The third-order valence-electron chi connectivity index (χ3n) is 3.27. The number of anilines is 1. The maximum atomic E-state index is 11.9. The SMILES string of the molecule is CCCOc1ccc(NC(=O)CC2CCCN2)cc1Cl.Cl. The van der Waals surface area contributed by atoms with Crippen molar-refractivity contribution < 1.29 is 9.53 Å². The molecule has 0 aromatic heterocycles. The van der Waals surface area contributed by atoms with Crippen LogP contribution in [0.5, 0.6) is 5.75 Å². The van der Waals surface area contributed by atoms with E-state index in [9.17, 15) is 4.79 Å². The van der Waals surface area contributed by atoms with E-state index in [0.29, 0.717) is 35.5 Å². The summed E-state index contributed by atoms with van der Waals surface area (Å²) in [6, 6.07) is 5.64. The second-order valence-corrected chi connectivity index (χ2v) is 5.45. The fraction of sp³-hybridized carbons (Fsp3) is 0.533. The highest BCUT2D eigenvalue weighted by Gasteiger charge is 2.17. The Balaban J connectivity index is 0.00000220. The second kappa shape index (κ2) is 9.13. The summed E-state index contributed by atoms with van der Waals surface area (Å²) in [5, 5.41) is 6.71. The van der Waals surface area contributed by atoms with Gasteiger partial charge in [-0.2, -0.15) is 0 Å². The summed E-state index contributed by atoms with van der Waals surface area (Å²) in [6.07, 6.45) is 3.65. The minimum absolute atomic E-state index is 0. The van der Waals surface area contributed by atoms with Gasteiger partial charge >= 0.3 is 0 Å². The van der Waals surface area contributed by atoms with E-state index in [4.69, 9.17) is 16.3 Å². The molecule has 0 radical (unpaired) electrons. The number of hydrogen-bond acceptors (Lipinski definition) is 3. The molecular weight excluding hydrogens is 311 g/mol. The fourth-order valence-electron chi connectivity index (χ4n) is 2.27. The quantitative estimate of drug-likeness (QED) is 0.836. The Bertz CT molecular complexity index is 463. The predicted molar refractivity (Wildman–Crippen MR) is 88.8 cm³/mol. The molecule has 0 saturated carbocycles. The summed E-state index contributed by atoms with van der Waals surface area (Å²) in [4.78, 5) is 11.9. The first kappa shape index (κ1) is 18.1. The third kappa shape index (κ3) is 5.73. The van der Waals surface area contributed by atoms with Crippen LogP contribution in [0.3, 0.4) is 0 Å². The number of carbonyl (C=O) groups is 1. The van der Waals surface area contributed by atoms with E-state index in [2.05, 4.69) is 10.6 Å². The van der Waals surface area contributed by atoms with Crippen molar-refractivity contribution in [3.05, 3.63) is 23.2 Å². The lowest BCUT2D eigenvalue weighted by Crippen LogP contribution is -2.27. The van der Waals surface area contributed by atoms with Gasteiger partial charge in [-0.25, -0.2) is 0 Å². The molecule has 1 heterocycles. The Morgan fingerprint density at radius 1 is 1.52 bits per heavy atom. The first-order chi connectivity index (χ1) is 9.69. The standard InChI is InChI=1S/C15H21ClN2O2.ClH/c1-2-8-20-14-6-5-12(9-13(14)16)18-15(19)10-11-4-3-7-17-11;/h5-6,9,11,17H,2-4,7-8,10H2,1H3,(H,18,19);1H. The van der Waals surface area contributed by atoms with Gasteiger partial charge in [0.25, 0.3) is 0 Å². The van der Waals surface area contributed by atoms with Gasteiger partial charge in [0.05, 0.1) is 11.6 Å². The minimum Gasteiger partial charge on any atom is -0.492 e. The molecule has 1 amide bonds. The molecule has 0 bridgehead atoms. The van der Waals surface area contributed by atoms with Crippen molar-refractivity contribution >= 4 is 35.6 Å². The maximum absolute atomic E-state index is 11.9. The topological polar surface area (TPSA) is 50.4 Å². The summed E-state index contributed by atoms with van der Waals surface area (Å²) < 4.78 is 5.50. The molecule has 2 N–H and O–H groups in total. The molecule has 1 aliphatic rings. The molecule has 1 aliphatic heterocycles. The smallest absolute Gasteiger partial charge is 0.225 e. The molecule has 4 nitrogen and oxygen atoms in total. The van der Waals surface area contributed by atoms with E-state index in [0.717, 1.165) is 25.8 Å². The average Bonchev–Trinajstić information content (AvgIpc) is 2.90. The average molecular weight is 333 g/mol. The van der Waals surface area contributed by atoms with Crippen LogP contribution in [-0.4, -0.2) is 25.1 Å². The molecule has 1 unspecified atom stereocenters. The summed E-state index contributed by atoms with van der Waals surface area (Å²) >= 11 is 6.13. The Labute approximate surface area is 137 Å². The molecule has 1 saturated heterocycles. The van der Waals surface area contributed by atoms with E-state index in [-0.39, 0.29) is 18.3 Å². The zero-order chi connectivity index (χ0) is 14.4. The van der Waals surface area contributed by atoms with Crippen molar-refractivity contribution in [3.63, 3.8) is 0 Å². The van der Waals surface area contributed by atoms with Gasteiger partial charge in [0.1, 0.15) is 5.75 Å². The van der Waals surface area contributed by atoms with Gasteiger partial charge in [0, 0.05) is 18.2 Å². The van der Waals surface area contributed by atoms with Crippen LogP contribution in [0.15, 0.2) is 18.2 Å².